The monoisotopic (exact) mass is 287 g/mol. The summed E-state index contributed by atoms with van der Waals surface area (Å²) in [5.41, 5.74) is 7.20. The fourth-order valence-electron chi connectivity index (χ4n) is 1.08. The van der Waals surface area contributed by atoms with Crippen LogP contribution in [0, 0.1) is 6.92 Å². The van der Waals surface area contributed by atoms with Crippen molar-refractivity contribution in [2.45, 2.75) is 26.4 Å². The fraction of sp³-hybridized carbons (Fsp3) is 0.545. The van der Waals surface area contributed by atoms with E-state index in [0.29, 0.717) is 12.2 Å². The van der Waals surface area contributed by atoms with Crippen molar-refractivity contribution >= 4 is 27.4 Å². The van der Waals surface area contributed by atoms with Crippen LogP contribution in [0.25, 0.3) is 0 Å². The largest absolute Gasteiger partial charge is 0.397 e. The Balaban J connectivity index is 2.80. The molecule has 1 heterocycles. The molecule has 0 spiro atoms. The van der Waals surface area contributed by atoms with Crippen molar-refractivity contribution < 1.29 is 4.74 Å². The molecule has 1 aromatic heterocycles. The second kappa shape index (κ2) is 5.01. The number of nitrogen functional groups attached to an aromatic ring is 1. The standard InChI is InChI=1S/C11H18BrN3O/c1-7-8(13)5-14-10(9(7)12)15-6-11(2,3)16-4/h5H,6,13H2,1-4H3,(H,14,15). The van der Waals surface area contributed by atoms with E-state index in [2.05, 4.69) is 26.2 Å². The quantitative estimate of drug-likeness (QED) is 0.894. The third-order valence-corrected chi connectivity index (χ3v) is 3.51. The zero-order valence-electron chi connectivity index (χ0n) is 10.1. The summed E-state index contributed by atoms with van der Waals surface area (Å²) in [5.74, 6) is 0.789. The first-order valence-electron chi connectivity index (χ1n) is 5.07. The van der Waals surface area contributed by atoms with Crippen LogP contribution in [0.1, 0.15) is 19.4 Å². The fourth-order valence-corrected chi connectivity index (χ4v) is 1.56. The number of pyridine rings is 1. The molecule has 4 nitrogen and oxygen atoms in total. The van der Waals surface area contributed by atoms with E-state index < -0.39 is 0 Å². The Morgan fingerprint density at radius 1 is 1.56 bits per heavy atom. The summed E-state index contributed by atoms with van der Waals surface area (Å²) in [6.45, 7) is 6.66. The van der Waals surface area contributed by atoms with Crippen molar-refractivity contribution in [2.75, 3.05) is 24.7 Å². The van der Waals surface area contributed by atoms with E-state index >= 15 is 0 Å². The number of aromatic nitrogens is 1. The molecule has 0 radical (unpaired) electrons. The van der Waals surface area contributed by atoms with Crippen molar-refractivity contribution in [3.8, 4) is 0 Å². The Morgan fingerprint density at radius 3 is 2.75 bits per heavy atom. The number of methoxy groups -OCH3 is 1. The van der Waals surface area contributed by atoms with Crippen LogP contribution >= 0.6 is 15.9 Å². The van der Waals surface area contributed by atoms with Crippen LogP contribution in [0.4, 0.5) is 11.5 Å². The average molecular weight is 288 g/mol. The summed E-state index contributed by atoms with van der Waals surface area (Å²) in [4.78, 5) is 4.24. The van der Waals surface area contributed by atoms with Crippen LogP contribution in [-0.4, -0.2) is 24.2 Å². The van der Waals surface area contributed by atoms with Gasteiger partial charge < -0.3 is 15.8 Å². The van der Waals surface area contributed by atoms with Crippen LogP contribution in [0.2, 0.25) is 0 Å². The first-order chi connectivity index (χ1) is 7.37. The Morgan fingerprint density at radius 2 is 2.19 bits per heavy atom. The van der Waals surface area contributed by atoms with E-state index in [4.69, 9.17) is 10.5 Å². The van der Waals surface area contributed by atoms with Crippen molar-refractivity contribution in [1.29, 1.82) is 0 Å². The van der Waals surface area contributed by atoms with E-state index in [1.165, 1.54) is 0 Å². The molecule has 0 aliphatic heterocycles. The van der Waals surface area contributed by atoms with E-state index in [9.17, 15) is 0 Å². The van der Waals surface area contributed by atoms with Gasteiger partial charge in [0.1, 0.15) is 5.82 Å². The maximum Gasteiger partial charge on any atom is 0.140 e. The van der Waals surface area contributed by atoms with Gasteiger partial charge >= 0.3 is 0 Å². The van der Waals surface area contributed by atoms with Gasteiger partial charge in [-0.1, -0.05) is 0 Å². The maximum atomic E-state index is 5.75. The van der Waals surface area contributed by atoms with Gasteiger partial charge in [0.15, 0.2) is 0 Å². The highest BCUT2D eigenvalue weighted by atomic mass is 79.9. The number of rotatable bonds is 4. The zero-order chi connectivity index (χ0) is 12.3. The minimum atomic E-state index is -0.226. The molecule has 0 fully saturated rings. The third-order valence-electron chi connectivity index (χ3n) is 2.54. The van der Waals surface area contributed by atoms with Crippen molar-refractivity contribution in [2.24, 2.45) is 0 Å². The summed E-state index contributed by atoms with van der Waals surface area (Å²) in [5, 5.41) is 3.23. The molecule has 90 valence electrons. The molecule has 0 aliphatic rings. The SMILES string of the molecule is COC(C)(C)CNc1ncc(N)c(C)c1Br. The summed E-state index contributed by atoms with van der Waals surface area (Å²) in [6, 6.07) is 0. The molecule has 0 amide bonds. The predicted octanol–water partition coefficient (Wildman–Crippen LogP) is 2.57. The lowest BCUT2D eigenvalue weighted by atomic mass is 10.1. The second-order valence-corrected chi connectivity index (χ2v) is 5.11. The van der Waals surface area contributed by atoms with Crippen LogP contribution in [-0.2, 0) is 4.74 Å². The third kappa shape index (κ3) is 3.09. The molecule has 5 heteroatoms. The van der Waals surface area contributed by atoms with Gasteiger partial charge in [0.25, 0.3) is 0 Å². The highest BCUT2D eigenvalue weighted by Crippen LogP contribution is 2.28. The zero-order valence-corrected chi connectivity index (χ0v) is 11.7. The predicted molar refractivity (Wildman–Crippen MR) is 70.7 cm³/mol. The molecule has 0 unspecified atom stereocenters. The molecule has 0 aliphatic carbocycles. The van der Waals surface area contributed by atoms with Gasteiger partial charge in [-0.05, 0) is 42.3 Å². The minimum Gasteiger partial charge on any atom is -0.397 e. The number of nitrogens with zero attached hydrogens (tertiary/aromatic N) is 1. The lowest BCUT2D eigenvalue weighted by molar-refractivity contribution is 0.0343. The van der Waals surface area contributed by atoms with Gasteiger partial charge in [-0.3, -0.25) is 0 Å². The highest BCUT2D eigenvalue weighted by Gasteiger charge is 2.17. The Bertz CT molecular complexity index is 380. The summed E-state index contributed by atoms with van der Waals surface area (Å²) < 4.78 is 6.23. The minimum absolute atomic E-state index is 0.226. The molecule has 0 saturated heterocycles. The van der Waals surface area contributed by atoms with Crippen molar-refractivity contribution in [1.82, 2.24) is 4.98 Å². The number of nitrogens with two attached hydrogens (primary N) is 1. The summed E-state index contributed by atoms with van der Waals surface area (Å²) in [7, 11) is 1.69. The van der Waals surface area contributed by atoms with Crippen LogP contribution < -0.4 is 11.1 Å². The molecular weight excluding hydrogens is 270 g/mol. The number of halogens is 1. The number of anilines is 2. The average Bonchev–Trinajstić information content (AvgIpc) is 2.25. The number of hydrogen-bond donors (Lipinski definition) is 2. The molecular formula is C11H18BrN3O. The Hall–Kier alpha value is -0.810. The van der Waals surface area contributed by atoms with Crippen LogP contribution in [0.3, 0.4) is 0 Å². The molecule has 1 rings (SSSR count). The topological polar surface area (TPSA) is 60.2 Å². The van der Waals surface area contributed by atoms with E-state index in [1.54, 1.807) is 13.3 Å². The smallest absolute Gasteiger partial charge is 0.140 e. The maximum absolute atomic E-state index is 5.75. The van der Waals surface area contributed by atoms with Crippen LogP contribution in [0.5, 0.6) is 0 Å². The highest BCUT2D eigenvalue weighted by molar-refractivity contribution is 9.10. The van der Waals surface area contributed by atoms with E-state index in [0.717, 1.165) is 15.9 Å². The molecule has 1 aromatic rings. The summed E-state index contributed by atoms with van der Waals surface area (Å²) in [6.07, 6.45) is 1.65. The molecule has 0 aromatic carbocycles. The van der Waals surface area contributed by atoms with Gasteiger partial charge in [0.2, 0.25) is 0 Å². The lowest BCUT2D eigenvalue weighted by Crippen LogP contribution is -2.32. The molecule has 16 heavy (non-hydrogen) atoms. The van der Waals surface area contributed by atoms with Gasteiger partial charge in [-0.2, -0.15) is 0 Å². The van der Waals surface area contributed by atoms with E-state index in [1.807, 2.05) is 20.8 Å². The molecule has 0 saturated carbocycles. The van der Waals surface area contributed by atoms with Crippen LogP contribution in [0.15, 0.2) is 10.7 Å². The van der Waals surface area contributed by atoms with Crippen molar-refractivity contribution in [3.63, 3.8) is 0 Å². The van der Waals surface area contributed by atoms with Crippen molar-refractivity contribution in [3.05, 3.63) is 16.2 Å². The number of hydrogen-bond acceptors (Lipinski definition) is 4. The molecule has 0 atom stereocenters. The van der Waals surface area contributed by atoms with Gasteiger partial charge in [-0.15, -0.1) is 0 Å². The number of nitrogens with one attached hydrogen (secondary N) is 1. The summed E-state index contributed by atoms with van der Waals surface area (Å²) >= 11 is 3.47. The Kier molecular flexibility index (Phi) is 4.15. The second-order valence-electron chi connectivity index (χ2n) is 4.32. The lowest BCUT2D eigenvalue weighted by Gasteiger charge is -2.24. The number of ether oxygens (including phenoxy) is 1. The molecule has 0 bridgehead atoms. The van der Waals surface area contributed by atoms with Gasteiger partial charge in [0.05, 0.1) is 22.0 Å². The first-order valence-corrected chi connectivity index (χ1v) is 5.86. The van der Waals surface area contributed by atoms with Gasteiger partial charge in [0, 0.05) is 13.7 Å². The first kappa shape index (κ1) is 13.3. The van der Waals surface area contributed by atoms with Gasteiger partial charge in [-0.25, -0.2) is 4.98 Å². The van der Waals surface area contributed by atoms with E-state index in [-0.39, 0.29) is 5.60 Å². The normalized spacial score (nSPS) is 11.6. The molecule has 3 N–H and O–H groups in total. The Labute approximate surface area is 105 Å².